The van der Waals surface area contributed by atoms with Crippen LogP contribution in [0.5, 0.6) is 0 Å². The maximum absolute atomic E-state index is 14.2. The van der Waals surface area contributed by atoms with Gasteiger partial charge in [-0.3, -0.25) is 14.5 Å². The zero-order valence-corrected chi connectivity index (χ0v) is 25.2. The molecule has 4 nitrogen and oxygen atoms in total. The molecule has 0 fully saturated rings. The number of Topliss-reactive ketones (excluding diaryl/α,β-unsaturated/α-hetero) is 1. The number of nitrogens with one attached hydrogen (secondary N) is 1. The molecule has 1 N–H and O–H groups in total. The molecule has 7 heteroatoms. The van der Waals surface area contributed by atoms with E-state index in [0.717, 1.165) is 30.5 Å². The molecule has 0 bridgehead atoms. The zero-order valence-electron chi connectivity index (χ0n) is 25.2. The molecule has 3 aromatic rings. The summed E-state index contributed by atoms with van der Waals surface area (Å²) >= 11 is 0. The van der Waals surface area contributed by atoms with Crippen molar-refractivity contribution in [1.82, 2.24) is 0 Å². The van der Waals surface area contributed by atoms with Gasteiger partial charge in [0.25, 0.3) is 0 Å². The van der Waals surface area contributed by atoms with Crippen LogP contribution in [-0.4, -0.2) is 11.7 Å². The number of ketones is 1. The van der Waals surface area contributed by atoms with Crippen LogP contribution in [0.4, 0.5) is 24.5 Å². The van der Waals surface area contributed by atoms with Gasteiger partial charge in [-0.2, -0.15) is 13.2 Å². The van der Waals surface area contributed by atoms with Gasteiger partial charge in [0.05, 0.1) is 23.0 Å². The Morgan fingerprint density at radius 1 is 0.860 bits per heavy atom. The SMILES string of the molecule is CCCCCC(=O)N1c2ccccc2NC2=C(C(=O)C[C@H](c3ccc(C(C)(C)C)cc3)C2)[C@H]1c1ccc(C(F)(F)F)cc1. The van der Waals surface area contributed by atoms with Gasteiger partial charge in [0, 0.05) is 24.1 Å². The van der Waals surface area contributed by atoms with Gasteiger partial charge in [0.15, 0.2) is 5.78 Å². The molecule has 1 amide bonds. The number of carbonyl (C=O) groups is 2. The van der Waals surface area contributed by atoms with Crippen molar-refractivity contribution in [2.24, 2.45) is 0 Å². The first-order valence-corrected chi connectivity index (χ1v) is 15.1. The predicted molar refractivity (Wildman–Crippen MR) is 165 cm³/mol. The van der Waals surface area contributed by atoms with Gasteiger partial charge in [-0.25, -0.2) is 0 Å². The Bertz CT molecular complexity index is 1520. The first-order chi connectivity index (χ1) is 20.4. The maximum Gasteiger partial charge on any atom is 0.416 e. The van der Waals surface area contributed by atoms with E-state index in [1.54, 1.807) is 4.90 Å². The van der Waals surface area contributed by atoms with Crippen molar-refractivity contribution >= 4 is 23.1 Å². The molecule has 1 heterocycles. The number of unbranched alkanes of at least 4 members (excludes halogenated alkanes) is 2. The van der Waals surface area contributed by atoms with Crippen molar-refractivity contribution in [2.45, 2.75) is 89.8 Å². The highest BCUT2D eigenvalue weighted by Gasteiger charge is 2.42. The summed E-state index contributed by atoms with van der Waals surface area (Å²) in [5.41, 5.74) is 4.45. The second-order valence-electron chi connectivity index (χ2n) is 12.7. The van der Waals surface area contributed by atoms with E-state index >= 15 is 0 Å². The number of alkyl halides is 3. The van der Waals surface area contributed by atoms with Gasteiger partial charge in [0.1, 0.15) is 0 Å². The van der Waals surface area contributed by atoms with Crippen LogP contribution in [-0.2, 0) is 21.2 Å². The highest BCUT2D eigenvalue weighted by molar-refractivity contribution is 6.06. The Kier molecular flexibility index (Phi) is 8.55. The molecule has 1 aliphatic heterocycles. The fourth-order valence-corrected chi connectivity index (χ4v) is 6.17. The van der Waals surface area contributed by atoms with Crippen LogP contribution in [0, 0.1) is 0 Å². The Balaban J connectivity index is 1.63. The summed E-state index contributed by atoms with van der Waals surface area (Å²) in [6.07, 6.45) is -0.911. The number of hydrogen-bond donors (Lipinski definition) is 1. The highest BCUT2D eigenvalue weighted by Crippen LogP contribution is 2.48. The molecule has 2 atom stereocenters. The van der Waals surface area contributed by atoms with Crippen molar-refractivity contribution < 1.29 is 22.8 Å². The number of hydrogen-bond acceptors (Lipinski definition) is 3. The summed E-state index contributed by atoms with van der Waals surface area (Å²) in [4.78, 5) is 29.8. The van der Waals surface area contributed by atoms with E-state index < -0.39 is 17.8 Å². The summed E-state index contributed by atoms with van der Waals surface area (Å²) in [6.45, 7) is 8.54. The fourth-order valence-electron chi connectivity index (χ4n) is 6.17. The average Bonchev–Trinajstić information content (AvgIpc) is 3.11. The lowest BCUT2D eigenvalue weighted by atomic mass is 9.77. The molecular weight excluding hydrogens is 549 g/mol. The van der Waals surface area contributed by atoms with Crippen molar-refractivity contribution in [2.75, 3.05) is 10.2 Å². The van der Waals surface area contributed by atoms with E-state index in [2.05, 4.69) is 57.3 Å². The third-order valence-corrected chi connectivity index (χ3v) is 8.55. The van der Waals surface area contributed by atoms with Crippen LogP contribution in [0.15, 0.2) is 84.1 Å². The highest BCUT2D eigenvalue weighted by atomic mass is 19.4. The third kappa shape index (κ3) is 6.41. The molecule has 1 aliphatic carbocycles. The Labute approximate surface area is 252 Å². The number of nitrogens with zero attached hydrogens (tertiary/aromatic N) is 1. The van der Waals surface area contributed by atoms with Crippen molar-refractivity contribution in [3.05, 3.63) is 106 Å². The molecule has 0 saturated carbocycles. The summed E-state index contributed by atoms with van der Waals surface area (Å²) < 4.78 is 40.5. The molecule has 43 heavy (non-hydrogen) atoms. The molecule has 226 valence electrons. The lowest BCUT2D eigenvalue weighted by Gasteiger charge is -2.35. The van der Waals surface area contributed by atoms with Crippen LogP contribution in [0.3, 0.4) is 0 Å². The molecule has 0 spiro atoms. The molecule has 0 unspecified atom stereocenters. The molecule has 0 aromatic heterocycles. The molecular formula is C36H39F3N2O2. The number of para-hydroxylation sites is 2. The summed E-state index contributed by atoms with van der Waals surface area (Å²) in [6, 6.07) is 19.9. The number of halogens is 3. The molecule has 3 aromatic carbocycles. The number of carbonyl (C=O) groups excluding carboxylic acids is 2. The number of benzene rings is 3. The third-order valence-electron chi connectivity index (χ3n) is 8.55. The van der Waals surface area contributed by atoms with Gasteiger partial charge in [0.2, 0.25) is 5.91 Å². The summed E-state index contributed by atoms with van der Waals surface area (Å²) in [5, 5.41) is 3.50. The summed E-state index contributed by atoms with van der Waals surface area (Å²) in [5.74, 6) is -0.336. The minimum atomic E-state index is -4.49. The lowest BCUT2D eigenvalue weighted by molar-refractivity contribution is -0.137. The van der Waals surface area contributed by atoms with E-state index in [1.165, 1.54) is 17.7 Å². The smallest absolute Gasteiger partial charge is 0.357 e. The van der Waals surface area contributed by atoms with Gasteiger partial charge < -0.3 is 5.32 Å². The number of rotatable bonds is 6. The predicted octanol–water partition coefficient (Wildman–Crippen LogP) is 9.48. The van der Waals surface area contributed by atoms with E-state index in [4.69, 9.17) is 0 Å². The van der Waals surface area contributed by atoms with Gasteiger partial charge in [-0.1, -0.05) is 89.1 Å². The Morgan fingerprint density at radius 2 is 1.49 bits per heavy atom. The second kappa shape index (κ2) is 12.0. The molecule has 5 rings (SSSR count). The lowest BCUT2D eigenvalue weighted by Crippen LogP contribution is -2.38. The molecule has 0 saturated heterocycles. The average molecular weight is 589 g/mol. The van der Waals surface area contributed by atoms with Gasteiger partial charge in [-0.15, -0.1) is 0 Å². The molecule has 0 radical (unpaired) electrons. The normalized spacial score (nSPS) is 19.0. The van der Waals surface area contributed by atoms with Crippen LogP contribution in [0.25, 0.3) is 0 Å². The van der Waals surface area contributed by atoms with Crippen LogP contribution in [0.1, 0.15) is 100 Å². The monoisotopic (exact) mass is 588 g/mol. The second-order valence-corrected chi connectivity index (χ2v) is 12.7. The van der Waals surface area contributed by atoms with Crippen molar-refractivity contribution in [3.8, 4) is 0 Å². The largest absolute Gasteiger partial charge is 0.416 e. The van der Waals surface area contributed by atoms with Crippen LogP contribution in [0.2, 0.25) is 0 Å². The van der Waals surface area contributed by atoms with Crippen LogP contribution < -0.4 is 10.2 Å². The van der Waals surface area contributed by atoms with Crippen molar-refractivity contribution in [3.63, 3.8) is 0 Å². The number of anilines is 2. The Hall–Kier alpha value is -3.87. The van der Waals surface area contributed by atoms with Crippen molar-refractivity contribution in [1.29, 1.82) is 0 Å². The minimum Gasteiger partial charge on any atom is -0.357 e. The maximum atomic E-state index is 14.2. The fraction of sp³-hybridized carbons (Fsp3) is 0.389. The van der Waals surface area contributed by atoms with E-state index in [-0.39, 0.29) is 35.9 Å². The topological polar surface area (TPSA) is 49.4 Å². The number of allylic oxidation sites excluding steroid dienone is 1. The van der Waals surface area contributed by atoms with E-state index in [1.807, 2.05) is 24.3 Å². The summed E-state index contributed by atoms with van der Waals surface area (Å²) in [7, 11) is 0. The number of fused-ring (bicyclic) bond motifs is 1. The zero-order chi connectivity index (χ0) is 30.9. The van der Waals surface area contributed by atoms with Crippen LogP contribution >= 0.6 is 0 Å². The Morgan fingerprint density at radius 3 is 2.12 bits per heavy atom. The minimum absolute atomic E-state index is 0.00513. The first kappa shape index (κ1) is 30.6. The standard InChI is InChI=1S/C36H39F3N2O2/c1-5-6-7-12-32(43)41-30-11-9-8-10-28(30)40-29-21-25(23-13-17-26(18-14-23)35(2,3)4)22-31(42)33(29)34(41)24-15-19-27(20-16-24)36(37,38)39/h8-11,13-20,25,34,40H,5-7,12,21-22H2,1-4H3/t25-,34-/m1/s1. The van der Waals surface area contributed by atoms with Gasteiger partial charge >= 0.3 is 6.18 Å². The molecule has 2 aliphatic rings. The first-order valence-electron chi connectivity index (χ1n) is 15.1. The van der Waals surface area contributed by atoms with E-state index in [9.17, 15) is 22.8 Å². The quantitative estimate of drug-likeness (QED) is 0.292. The van der Waals surface area contributed by atoms with E-state index in [0.29, 0.717) is 41.1 Å². The number of amides is 1. The van der Waals surface area contributed by atoms with Gasteiger partial charge in [-0.05, 0) is 65.1 Å².